The number of ether oxygens (including phenoxy) is 1. The van der Waals surface area contributed by atoms with Crippen LogP contribution < -0.4 is 15.4 Å². The van der Waals surface area contributed by atoms with Gasteiger partial charge in [-0.1, -0.05) is 19.1 Å². The van der Waals surface area contributed by atoms with Gasteiger partial charge in [-0.25, -0.2) is 9.59 Å². The molecule has 0 saturated carbocycles. The number of aliphatic carboxylic acids is 1. The molecule has 0 aliphatic rings. The molecule has 0 bridgehead atoms. The number of rotatable bonds is 7. The lowest BCUT2D eigenvalue weighted by Gasteiger charge is -2.13. The maximum absolute atomic E-state index is 11.5. The summed E-state index contributed by atoms with van der Waals surface area (Å²) in [6.07, 6.45) is 0.993. The van der Waals surface area contributed by atoms with Crippen molar-refractivity contribution in [2.75, 3.05) is 13.7 Å². The number of hydrogen-bond acceptors (Lipinski definition) is 3. The summed E-state index contributed by atoms with van der Waals surface area (Å²) in [4.78, 5) is 22.3. The first kappa shape index (κ1) is 15.8. The summed E-state index contributed by atoms with van der Waals surface area (Å²) in [5, 5.41) is 13.9. The van der Waals surface area contributed by atoms with E-state index in [0.29, 0.717) is 19.4 Å². The monoisotopic (exact) mass is 280 g/mol. The highest BCUT2D eigenvalue weighted by Crippen LogP contribution is 2.12. The largest absolute Gasteiger partial charge is 0.497 e. The van der Waals surface area contributed by atoms with Crippen LogP contribution >= 0.6 is 0 Å². The summed E-state index contributed by atoms with van der Waals surface area (Å²) < 4.78 is 5.11. The van der Waals surface area contributed by atoms with Crippen LogP contribution in [0.1, 0.15) is 18.9 Å². The Hall–Kier alpha value is -2.24. The third-order valence-electron chi connectivity index (χ3n) is 2.85. The summed E-state index contributed by atoms with van der Waals surface area (Å²) in [6, 6.07) is 6.24. The van der Waals surface area contributed by atoms with Gasteiger partial charge in [0.05, 0.1) is 7.11 Å². The molecule has 0 aliphatic heterocycles. The van der Waals surface area contributed by atoms with Crippen LogP contribution in [0.15, 0.2) is 24.3 Å². The van der Waals surface area contributed by atoms with Crippen LogP contribution in [0, 0.1) is 0 Å². The number of hydrogen-bond donors (Lipinski definition) is 3. The van der Waals surface area contributed by atoms with Crippen LogP contribution in [0.3, 0.4) is 0 Å². The van der Waals surface area contributed by atoms with E-state index in [1.54, 1.807) is 14.0 Å². The van der Waals surface area contributed by atoms with Gasteiger partial charge in [-0.15, -0.1) is 0 Å². The standard InChI is InChI=1S/C14H20N2O4/c1-3-12(13(17)18)16-14(19)15-8-7-10-5-4-6-11(9-10)20-2/h4-6,9,12H,3,7-8H2,1-2H3,(H,17,18)(H2,15,16,19)/t12-/m1/s1. The molecule has 0 fully saturated rings. The molecule has 1 aromatic carbocycles. The van der Waals surface area contributed by atoms with Crippen LogP contribution in [0.4, 0.5) is 4.79 Å². The van der Waals surface area contributed by atoms with E-state index in [-0.39, 0.29) is 0 Å². The second-order valence-electron chi connectivity index (χ2n) is 4.30. The number of methoxy groups -OCH3 is 1. The minimum atomic E-state index is -1.03. The Morgan fingerprint density at radius 1 is 1.40 bits per heavy atom. The fraction of sp³-hybridized carbons (Fsp3) is 0.429. The van der Waals surface area contributed by atoms with Crippen LogP contribution in [0.5, 0.6) is 5.75 Å². The van der Waals surface area contributed by atoms with Crippen molar-refractivity contribution < 1.29 is 19.4 Å². The Kier molecular flexibility index (Phi) is 6.36. The molecule has 0 spiro atoms. The van der Waals surface area contributed by atoms with E-state index in [0.717, 1.165) is 11.3 Å². The lowest BCUT2D eigenvalue weighted by molar-refractivity contribution is -0.139. The Morgan fingerprint density at radius 2 is 2.15 bits per heavy atom. The summed E-state index contributed by atoms with van der Waals surface area (Å²) >= 11 is 0. The number of carboxylic acids is 1. The van der Waals surface area contributed by atoms with Crippen LogP contribution in [0.25, 0.3) is 0 Å². The van der Waals surface area contributed by atoms with Crippen LogP contribution in [0.2, 0.25) is 0 Å². The topological polar surface area (TPSA) is 87.7 Å². The molecule has 0 aliphatic carbocycles. The predicted octanol–water partition coefficient (Wildman–Crippen LogP) is 1.40. The fourth-order valence-corrected chi connectivity index (χ4v) is 1.70. The molecule has 6 nitrogen and oxygen atoms in total. The van der Waals surface area contributed by atoms with Gasteiger partial charge in [0, 0.05) is 6.54 Å². The molecule has 0 aromatic heterocycles. The molecule has 1 atom stereocenters. The molecule has 2 amide bonds. The zero-order valence-corrected chi connectivity index (χ0v) is 11.7. The van der Waals surface area contributed by atoms with Gasteiger partial charge in [0.2, 0.25) is 0 Å². The predicted molar refractivity (Wildman–Crippen MR) is 74.9 cm³/mol. The Morgan fingerprint density at radius 3 is 2.75 bits per heavy atom. The van der Waals surface area contributed by atoms with Crippen LogP contribution in [-0.4, -0.2) is 36.8 Å². The van der Waals surface area contributed by atoms with E-state index in [9.17, 15) is 9.59 Å². The molecule has 1 rings (SSSR count). The van der Waals surface area contributed by atoms with E-state index < -0.39 is 18.0 Å². The minimum Gasteiger partial charge on any atom is -0.497 e. The van der Waals surface area contributed by atoms with Crippen molar-refractivity contribution in [3.63, 3.8) is 0 Å². The van der Waals surface area contributed by atoms with Crippen molar-refractivity contribution in [2.24, 2.45) is 0 Å². The summed E-state index contributed by atoms with van der Waals surface area (Å²) in [6.45, 7) is 2.13. The number of nitrogens with one attached hydrogen (secondary N) is 2. The van der Waals surface area contributed by atoms with Crippen molar-refractivity contribution in [1.29, 1.82) is 0 Å². The first-order valence-electron chi connectivity index (χ1n) is 6.47. The van der Waals surface area contributed by atoms with E-state index in [4.69, 9.17) is 9.84 Å². The number of benzene rings is 1. The fourth-order valence-electron chi connectivity index (χ4n) is 1.70. The second kappa shape index (κ2) is 8.04. The summed E-state index contributed by atoms with van der Waals surface area (Å²) in [5.41, 5.74) is 1.04. The van der Waals surface area contributed by atoms with Gasteiger partial charge in [0.1, 0.15) is 11.8 Å². The maximum Gasteiger partial charge on any atom is 0.326 e. The van der Waals surface area contributed by atoms with Gasteiger partial charge in [-0.3, -0.25) is 0 Å². The molecule has 3 N–H and O–H groups in total. The second-order valence-corrected chi connectivity index (χ2v) is 4.30. The third kappa shape index (κ3) is 5.17. The van der Waals surface area contributed by atoms with Crippen molar-refractivity contribution in [1.82, 2.24) is 10.6 Å². The molecule has 110 valence electrons. The smallest absolute Gasteiger partial charge is 0.326 e. The van der Waals surface area contributed by atoms with Gasteiger partial charge in [-0.05, 0) is 30.5 Å². The van der Waals surface area contributed by atoms with Gasteiger partial charge in [0.25, 0.3) is 0 Å². The number of urea groups is 1. The molecule has 0 saturated heterocycles. The van der Waals surface area contributed by atoms with Gasteiger partial charge in [-0.2, -0.15) is 0 Å². The van der Waals surface area contributed by atoms with E-state index >= 15 is 0 Å². The third-order valence-corrected chi connectivity index (χ3v) is 2.85. The SMILES string of the molecule is CC[C@@H](NC(=O)NCCc1cccc(OC)c1)C(=O)O. The van der Waals surface area contributed by atoms with Gasteiger partial charge >= 0.3 is 12.0 Å². The molecule has 20 heavy (non-hydrogen) atoms. The van der Waals surface area contributed by atoms with Crippen LogP contribution in [-0.2, 0) is 11.2 Å². The summed E-state index contributed by atoms with van der Waals surface area (Å²) in [7, 11) is 1.60. The molecule has 0 heterocycles. The number of carbonyl (C=O) groups excluding carboxylic acids is 1. The normalized spacial score (nSPS) is 11.5. The lowest BCUT2D eigenvalue weighted by atomic mass is 10.1. The quantitative estimate of drug-likeness (QED) is 0.704. The van der Waals surface area contributed by atoms with E-state index in [1.807, 2.05) is 24.3 Å². The maximum atomic E-state index is 11.5. The first-order valence-corrected chi connectivity index (χ1v) is 6.47. The van der Waals surface area contributed by atoms with E-state index in [1.165, 1.54) is 0 Å². The zero-order valence-electron chi connectivity index (χ0n) is 11.7. The Labute approximate surface area is 118 Å². The molecule has 0 unspecified atom stereocenters. The molecular weight excluding hydrogens is 260 g/mol. The molecule has 6 heteroatoms. The first-order chi connectivity index (χ1) is 9.56. The minimum absolute atomic E-state index is 0.346. The van der Waals surface area contributed by atoms with Crippen molar-refractivity contribution in [3.8, 4) is 5.75 Å². The van der Waals surface area contributed by atoms with Crippen molar-refractivity contribution >= 4 is 12.0 Å². The average molecular weight is 280 g/mol. The van der Waals surface area contributed by atoms with Gasteiger partial charge < -0.3 is 20.5 Å². The van der Waals surface area contributed by atoms with E-state index in [2.05, 4.69) is 10.6 Å². The number of amides is 2. The molecule has 0 radical (unpaired) electrons. The number of carboxylic acid groups (broad SMARTS) is 1. The molecular formula is C14H20N2O4. The highest BCUT2D eigenvalue weighted by molar-refractivity contribution is 5.82. The highest BCUT2D eigenvalue weighted by Gasteiger charge is 2.16. The summed E-state index contributed by atoms with van der Waals surface area (Å²) in [5.74, 6) is -0.265. The Balaban J connectivity index is 2.36. The Bertz CT molecular complexity index is 462. The van der Waals surface area contributed by atoms with Crippen molar-refractivity contribution in [3.05, 3.63) is 29.8 Å². The average Bonchev–Trinajstić information content (AvgIpc) is 2.44. The van der Waals surface area contributed by atoms with Crippen molar-refractivity contribution in [2.45, 2.75) is 25.8 Å². The number of carbonyl (C=O) groups is 2. The molecule has 1 aromatic rings. The van der Waals surface area contributed by atoms with Gasteiger partial charge in [0.15, 0.2) is 0 Å². The highest BCUT2D eigenvalue weighted by atomic mass is 16.5. The zero-order chi connectivity index (χ0) is 15.0. The lowest BCUT2D eigenvalue weighted by Crippen LogP contribution is -2.46.